The van der Waals surface area contributed by atoms with Crippen molar-refractivity contribution in [2.45, 2.75) is 51.5 Å². The number of amides is 4. The predicted octanol–water partition coefficient (Wildman–Crippen LogP) is 3.10. The number of rotatable bonds is 12. The molecule has 0 radical (unpaired) electrons. The summed E-state index contributed by atoms with van der Waals surface area (Å²) < 4.78 is 5.29. The Morgan fingerprint density at radius 1 is 0.979 bits per heavy atom. The molecule has 0 bridgehead atoms. The van der Waals surface area contributed by atoms with E-state index in [1.807, 2.05) is 43.3 Å². The van der Waals surface area contributed by atoms with Gasteiger partial charge < -0.3 is 34.8 Å². The Bertz CT molecular complexity index is 1400. The van der Waals surface area contributed by atoms with Crippen LogP contribution < -0.4 is 10.2 Å². The number of carbonyl (C=O) groups is 5. The molecule has 1 atom stereocenters. The maximum Gasteiger partial charge on any atom is 0.409 e. The van der Waals surface area contributed by atoms with Crippen molar-refractivity contribution in [3.63, 3.8) is 0 Å². The van der Waals surface area contributed by atoms with Gasteiger partial charge in [0.2, 0.25) is 11.8 Å². The van der Waals surface area contributed by atoms with Crippen molar-refractivity contribution in [3.05, 3.63) is 48.2 Å². The second-order valence-electron chi connectivity index (χ2n) is 12.2. The molecule has 254 valence electrons. The summed E-state index contributed by atoms with van der Waals surface area (Å²) in [5.74, 6) is -2.04. The van der Waals surface area contributed by atoms with Gasteiger partial charge in [0.25, 0.3) is 5.91 Å². The molecule has 1 aromatic heterocycles. The van der Waals surface area contributed by atoms with Gasteiger partial charge in [-0.3, -0.25) is 19.2 Å². The number of benzene rings is 1. The number of aromatic nitrogens is 1. The number of anilines is 1. The number of carboxylic acid groups (broad SMARTS) is 1. The van der Waals surface area contributed by atoms with Crippen LogP contribution in [0.4, 0.5) is 10.5 Å². The van der Waals surface area contributed by atoms with E-state index in [1.54, 1.807) is 34.9 Å². The lowest BCUT2D eigenvalue weighted by Crippen LogP contribution is -2.56. The second kappa shape index (κ2) is 16.8. The van der Waals surface area contributed by atoms with Crippen LogP contribution in [0.2, 0.25) is 0 Å². The van der Waals surface area contributed by atoms with Crippen molar-refractivity contribution in [1.82, 2.24) is 25.0 Å². The number of nitrogens with zero attached hydrogens (tertiary/aromatic N) is 5. The van der Waals surface area contributed by atoms with Crippen LogP contribution in [0.3, 0.4) is 0 Å². The van der Waals surface area contributed by atoms with Crippen LogP contribution in [0.5, 0.6) is 0 Å². The third-order valence-electron chi connectivity index (χ3n) is 8.59. The third kappa shape index (κ3) is 9.66. The number of aliphatic carboxylic acids is 1. The van der Waals surface area contributed by atoms with Gasteiger partial charge in [-0.05, 0) is 37.8 Å². The first-order valence-electron chi connectivity index (χ1n) is 16.3. The fourth-order valence-electron chi connectivity index (χ4n) is 5.80. The second-order valence-corrected chi connectivity index (χ2v) is 12.2. The van der Waals surface area contributed by atoms with Crippen molar-refractivity contribution in [3.8, 4) is 11.3 Å². The van der Waals surface area contributed by atoms with Crippen LogP contribution in [-0.4, -0.2) is 121 Å². The van der Waals surface area contributed by atoms with Crippen molar-refractivity contribution in [2.24, 2.45) is 5.92 Å². The Morgan fingerprint density at radius 3 is 2.26 bits per heavy atom. The first-order valence-corrected chi connectivity index (χ1v) is 16.3. The molecule has 0 aliphatic carbocycles. The maximum atomic E-state index is 13.8. The Kier molecular flexibility index (Phi) is 12.5. The topological polar surface area (TPSA) is 153 Å². The molecule has 1 aromatic carbocycles. The van der Waals surface area contributed by atoms with Gasteiger partial charge in [-0.1, -0.05) is 43.7 Å². The Hall–Kier alpha value is -4.68. The molecule has 2 saturated heterocycles. The number of ether oxygens (including phenoxy) is 1. The number of carboxylic acids is 1. The smallest absolute Gasteiger partial charge is 0.409 e. The van der Waals surface area contributed by atoms with Gasteiger partial charge in [0, 0.05) is 77.0 Å². The van der Waals surface area contributed by atoms with Gasteiger partial charge in [0.05, 0.1) is 12.3 Å². The van der Waals surface area contributed by atoms with Crippen molar-refractivity contribution in [2.75, 3.05) is 64.9 Å². The van der Waals surface area contributed by atoms with Gasteiger partial charge >= 0.3 is 12.1 Å². The number of hydrogen-bond acceptors (Lipinski definition) is 8. The lowest BCUT2D eigenvalue weighted by atomic mass is 9.95. The summed E-state index contributed by atoms with van der Waals surface area (Å²) in [5, 5.41) is 12.1. The number of carbonyl (C=O) groups excluding carboxylic acids is 4. The summed E-state index contributed by atoms with van der Waals surface area (Å²) in [6.07, 6.45) is 2.20. The summed E-state index contributed by atoms with van der Waals surface area (Å²) in [6, 6.07) is 11.9. The highest BCUT2D eigenvalue weighted by atomic mass is 16.6. The van der Waals surface area contributed by atoms with E-state index in [2.05, 4.69) is 15.2 Å². The van der Waals surface area contributed by atoms with E-state index >= 15 is 0 Å². The van der Waals surface area contributed by atoms with Crippen LogP contribution >= 0.6 is 0 Å². The average molecular weight is 651 g/mol. The highest BCUT2D eigenvalue weighted by molar-refractivity contribution is 5.97. The van der Waals surface area contributed by atoms with E-state index < -0.39 is 29.9 Å². The van der Waals surface area contributed by atoms with Crippen LogP contribution in [0.1, 0.15) is 55.9 Å². The van der Waals surface area contributed by atoms with Crippen molar-refractivity contribution in [1.29, 1.82) is 0 Å². The molecular weight excluding hydrogens is 604 g/mol. The summed E-state index contributed by atoms with van der Waals surface area (Å²) in [6.45, 7) is 4.62. The van der Waals surface area contributed by atoms with E-state index in [-0.39, 0.29) is 56.5 Å². The standard InChI is InChI=1S/C34H46N6O7/c1-4-5-21-47-34(46)40-19-17-39(18-20-40)33(45)27(11-12-30(41)42)36-31(43)29-23-26(22-28(35-29)24-9-7-6-8-10-24)38-15-13-25(14-16-38)32(44)37(2)3/h6-10,22-23,25,27H,4-5,11-21H2,1-3H3,(H,36,43)(H,41,42)/t27-/m0/s1. The molecule has 4 rings (SSSR count). The van der Waals surface area contributed by atoms with Crippen molar-refractivity contribution < 1.29 is 33.8 Å². The molecule has 2 aliphatic heterocycles. The van der Waals surface area contributed by atoms with E-state index in [1.165, 1.54) is 0 Å². The number of unbranched alkanes of at least 4 members (excludes halogenated alkanes) is 1. The van der Waals surface area contributed by atoms with E-state index in [9.17, 15) is 29.1 Å². The summed E-state index contributed by atoms with van der Waals surface area (Å²) in [4.78, 5) is 75.2. The fraction of sp³-hybridized carbons (Fsp3) is 0.529. The summed E-state index contributed by atoms with van der Waals surface area (Å²) >= 11 is 0. The zero-order valence-corrected chi connectivity index (χ0v) is 27.5. The van der Waals surface area contributed by atoms with E-state index in [4.69, 9.17) is 4.74 Å². The molecule has 0 saturated carbocycles. The minimum Gasteiger partial charge on any atom is -0.481 e. The molecule has 2 aromatic rings. The molecule has 47 heavy (non-hydrogen) atoms. The molecule has 13 nitrogen and oxygen atoms in total. The molecule has 2 N–H and O–H groups in total. The third-order valence-corrected chi connectivity index (χ3v) is 8.59. The molecular formula is C34H46N6O7. The van der Waals surface area contributed by atoms with E-state index in [0.717, 1.165) is 24.1 Å². The number of piperidine rings is 1. The fourth-order valence-corrected chi connectivity index (χ4v) is 5.80. The van der Waals surface area contributed by atoms with Crippen LogP contribution in [0, 0.1) is 5.92 Å². The first kappa shape index (κ1) is 35.2. The minimum absolute atomic E-state index is 0.0611. The lowest BCUT2D eigenvalue weighted by molar-refractivity contribution is -0.138. The number of nitrogens with one attached hydrogen (secondary N) is 1. The van der Waals surface area contributed by atoms with Gasteiger partial charge in [0.1, 0.15) is 11.7 Å². The number of piperazine rings is 1. The van der Waals surface area contributed by atoms with Crippen LogP contribution in [0.15, 0.2) is 42.5 Å². The largest absolute Gasteiger partial charge is 0.481 e. The van der Waals surface area contributed by atoms with Crippen LogP contribution in [0.25, 0.3) is 11.3 Å². The normalized spacial score (nSPS) is 15.9. The minimum atomic E-state index is -1.10. The monoisotopic (exact) mass is 650 g/mol. The zero-order chi connectivity index (χ0) is 33.9. The highest BCUT2D eigenvalue weighted by Gasteiger charge is 2.32. The molecule has 13 heteroatoms. The van der Waals surface area contributed by atoms with Gasteiger partial charge in [0.15, 0.2) is 0 Å². The number of pyridine rings is 1. The molecule has 2 fully saturated rings. The van der Waals surface area contributed by atoms with Gasteiger partial charge in [-0.15, -0.1) is 0 Å². The summed E-state index contributed by atoms with van der Waals surface area (Å²) in [5.41, 5.74) is 2.26. The SMILES string of the molecule is CCCCOC(=O)N1CCN(C(=O)[C@H](CCC(=O)O)NC(=O)c2cc(N3CCC(C(=O)N(C)C)CC3)cc(-c3ccccc3)n2)CC1. The van der Waals surface area contributed by atoms with Crippen LogP contribution in [-0.2, 0) is 19.1 Å². The Balaban J connectivity index is 1.51. The summed E-state index contributed by atoms with van der Waals surface area (Å²) in [7, 11) is 3.52. The molecule has 2 aliphatic rings. The lowest BCUT2D eigenvalue weighted by Gasteiger charge is -2.36. The van der Waals surface area contributed by atoms with E-state index in [0.29, 0.717) is 38.2 Å². The average Bonchev–Trinajstić information content (AvgIpc) is 3.09. The molecule has 4 amide bonds. The van der Waals surface area contributed by atoms with Gasteiger partial charge in [-0.25, -0.2) is 9.78 Å². The molecule has 0 spiro atoms. The predicted molar refractivity (Wildman–Crippen MR) is 176 cm³/mol. The maximum absolute atomic E-state index is 13.8. The van der Waals surface area contributed by atoms with Crippen molar-refractivity contribution >= 4 is 35.5 Å². The zero-order valence-electron chi connectivity index (χ0n) is 27.5. The quantitative estimate of drug-likeness (QED) is 0.330. The van der Waals surface area contributed by atoms with Gasteiger partial charge in [-0.2, -0.15) is 0 Å². The Labute approximate surface area is 275 Å². The first-order chi connectivity index (χ1) is 22.6. The highest BCUT2D eigenvalue weighted by Crippen LogP contribution is 2.29. The Morgan fingerprint density at radius 2 is 1.64 bits per heavy atom. The molecule has 0 unspecified atom stereocenters. The molecule has 3 heterocycles. The number of hydrogen-bond donors (Lipinski definition) is 2.